The minimum absolute atomic E-state index is 0.0906. The van der Waals surface area contributed by atoms with E-state index >= 15 is 0 Å². The van der Waals surface area contributed by atoms with Crippen LogP contribution in [0.2, 0.25) is 0 Å². The number of nitrogens with one attached hydrogen (secondary N) is 2. The zero-order valence-corrected chi connectivity index (χ0v) is 17.4. The highest BCUT2D eigenvalue weighted by molar-refractivity contribution is 6.07. The Hall–Kier alpha value is -3.75. The van der Waals surface area contributed by atoms with E-state index in [1.54, 1.807) is 42.2 Å². The number of carbonyl (C=O) groups is 3. The number of benzene rings is 2. The third-order valence-corrected chi connectivity index (χ3v) is 6.38. The van der Waals surface area contributed by atoms with Crippen LogP contribution in [-0.2, 0) is 10.3 Å². The van der Waals surface area contributed by atoms with Gasteiger partial charge < -0.3 is 14.7 Å². The van der Waals surface area contributed by atoms with Crippen molar-refractivity contribution >= 4 is 28.8 Å². The summed E-state index contributed by atoms with van der Waals surface area (Å²) < 4.78 is 18.7. The molecule has 1 aromatic heterocycles. The molecule has 2 fully saturated rings. The van der Waals surface area contributed by atoms with Crippen LogP contribution in [0.3, 0.4) is 0 Å². The number of nitrogens with zero attached hydrogens (tertiary/aromatic N) is 2. The molecule has 2 aliphatic rings. The van der Waals surface area contributed by atoms with Crippen molar-refractivity contribution in [2.45, 2.75) is 31.2 Å². The molecule has 164 valence electrons. The Balaban J connectivity index is 1.26. The summed E-state index contributed by atoms with van der Waals surface area (Å²) in [5.74, 6) is -0.743. The third-order valence-electron chi connectivity index (χ3n) is 6.38. The fraction of sp³-hybridized carbons (Fsp3) is 0.304. The monoisotopic (exact) mass is 436 g/mol. The molecule has 2 aliphatic heterocycles. The fourth-order valence-corrected chi connectivity index (χ4v) is 4.46. The second-order valence-electron chi connectivity index (χ2n) is 8.39. The lowest BCUT2D eigenvalue weighted by Gasteiger charge is -2.31. The molecule has 2 saturated heterocycles. The summed E-state index contributed by atoms with van der Waals surface area (Å²) in [6.07, 6.45) is 1.46. The molecule has 0 aliphatic carbocycles. The first-order chi connectivity index (χ1) is 15.3. The minimum Gasteiger partial charge on any atom is -0.356 e. The predicted octanol–water partition coefficient (Wildman–Crippen LogP) is 3.04. The Morgan fingerprint density at radius 2 is 1.88 bits per heavy atom. The average Bonchev–Trinajstić information content (AvgIpc) is 3.33. The Morgan fingerprint density at radius 1 is 1.16 bits per heavy atom. The largest absolute Gasteiger partial charge is 0.356 e. The standard InChI is InChI=1S/C23H21FN4O4/c1-23(21(30)25-22(31)26-23)15-4-2-14(3-5-15)20(29)28-10-8-13(9-11-28)19-17-7-6-16(24)12-18(17)32-27-19/h2-7,12-13H,8-11H2,1H3,(H2,25,26,30,31)/t23-/m1/s1. The van der Waals surface area contributed by atoms with E-state index in [1.165, 1.54) is 12.1 Å². The zero-order valence-electron chi connectivity index (χ0n) is 17.4. The maximum Gasteiger partial charge on any atom is 0.322 e. The maximum absolute atomic E-state index is 13.4. The Labute approximate surface area is 182 Å². The summed E-state index contributed by atoms with van der Waals surface area (Å²) in [4.78, 5) is 38.4. The number of hydrogen-bond acceptors (Lipinski definition) is 5. The predicted molar refractivity (Wildman–Crippen MR) is 112 cm³/mol. The molecule has 0 radical (unpaired) electrons. The maximum atomic E-state index is 13.4. The molecule has 2 aromatic carbocycles. The van der Waals surface area contributed by atoms with Gasteiger partial charge in [-0.05, 0) is 49.6 Å². The van der Waals surface area contributed by atoms with Gasteiger partial charge in [-0.2, -0.15) is 0 Å². The molecule has 9 heteroatoms. The van der Waals surface area contributed by atoms with Crippen LogP contribution in [0.15, 0.2) is 47.0 Å². The molecule has 3 aromatic rings. The van der Waals surface area contributed by atoms with Crippen LogP contribution in [0.4, 0.5) is 9.18 Å². The molecule has 1 atom stereocenters. The van der Waals surface area contributed by atoms with Crippen molar-refractivity contribution < 1.29 is 23.3 Å². The van der Waals surface area contributed by atoms with Crippen LogP contribution in [0.25, 0.3) is 11.0 Å². The molecule has 0 saturated carbocycles. The van der Waals surface area contributed by atoms with Crippen molar-refractivity contribution in [1.82, 2.24) is 20.7 Å². The molecular weight excluding hydrogens is 415 g/mol. The molecular formula is C23H21FN4O4. The summed E-state index contributed by atoms with van der Waals surface area (Å²) >= 11 is 0. The first-order valence-electron chi connectivity index (χ1n) is 10.4. The second kappa shape index (κ2) is 7.44. The lowest BCUT2D eigenvalue weighted by molar-refractivity contribution is -0.123. The highest BCUT2D eigenvalue weighted by Crippen LogP contribution is 2.33. The summed E-state index contributed by atoms with van der Waals surface area (Å²) in [5.41, 5.74) is 1.20. The molecule has 3 heterocycles. The van der Waals surface area contributed by atoms with E-state index in [0.717, 1.165) is 23.9 Å². The number of imide groups is 1. The van der Waals surface area contributed by atoms with Gasteiger partial charge in [0, 0.05) is 36.0 Å². The number of amides is 4. The van der Waals surface area contributed by atoms with Gasteiger partial charge in [-0.3, -0.25) is 14.9 Å². The van der Waals surface area contributed by atoms with Gasteiger partial charge in [0.2, 0.25) is 0 Å². The van der Waals surface area contributed by atoms with Crippen molar-refractivity contribution in [2.24, 2.45) is 0 Å². The topological polar surface area (TPSA) is 105 Å². The van der Waals surface area contributed by atoms with Crippen LogP contribution in [0, 0.1) is 5.82 Å². The summed E-state index contributed by atoms with van der Waals surface area (Å²) in [6, 6.07) is 10.6. The Kier molecular flexibility index (Phi) is 4.69. The number of piperidine rings is 1. The van der Waals surface area contributed by atoms with Crippen LogP contribution >= 0.6 is 0 Å². The van der Waals surface area contributed by atoms with Gasteiger partial charge in [0.25, 0.3) is 11.8 Å². The van der Waals surface area contributed by atoms with E-state index in [9.17, 15) is 18.8 Å². The molecule has 5 rings (SSSR count). The number of hydrogen-bond donors (Lipinski definition) is 2. The van der Waals surface area contributed by atoms with Crippen molar-refractivity contribution in [3.8, 4) is 0 Å². The third kappa shape index (κ3) is 3.30. The van der Waals surface area contributed by atoms with Crippen molar-refractivity contribution in [3.05, 3.63) is 65.1 Å². The number of urea groups is 1. The van der Waals surface area contributed by atoms with E-state index in [0.29, 0.717) is 29.8 Å². The van der Waals surface area contributed by atoms with E-state index in [4.69, 9.17) is 4.52 Å². The van der Waals surface area contributed by atoms with Gasteiger partial charge in [-0.25, -0.2) is 9.18 Å². The van der Waals surface area contributed by atoms with E-state index in [1.807, 2.05) is 0 Å². The van der Waals surface area contributed by atoms with E-state index in [-0.39, 0.29) is 17.6 Å². The fourth-order valence-electron chi connectivity index (χ4n) is 4.46. The lowest BCUT2D eigenvalue weighted by atomic mass is 9.90. The highest BCUT2D eigenvalue weighted by Gasteiger charge is 2.43. The van der Waals surface area contributed by atoms with Crippen molar-refractivity contribution in [2.75, 3.05) is 13.1 Å². The smallest absolute Gasteiger partial charge is 0.322 e. The number of halogens is 1. The zero-order chi connectivity index (χ0) is 22.5. The first kappa shape index (κ1) is 20.2. The van der Waals surface area contributed by atoms with Crippen LogP contribution in [-0.4, -0.2) is 41.0 Å². The van der Waals surface area contributed by atoms with Gasteiger partial charge in [-0.15, -0.1) is 0 Å². The van der Waals surface area contributed by atoms with Gasteiger partial charge in [0.05, 0.1) is 5.69 Å². The summed E-state index contributed by atoms with van der Waals surface area (Å²) in [5, 5.41) is 9.80. The molecule has 2 N–H and O–H groups in total. The summed E-state index contributed by atoms with van der Waals surface area (Å²) in [6.45, 7) is 2.75. The number of carbonyl (C=O) groups excluding carboxylic acids is 3. The van der Waals surface area contributed by atoms with Crippen LogP contribution < -0.4 is 10.6 Å². The van der Waals surface area contributed by atoms with Crippen molar-refractivity contribution in [3.63, 3.8) is 0 Å². The molecule has 4 amide bonds. The number of fused-ring (bicyclic) bond motifs is 1. The number of likely N-dealkylation sites (tertiary alicyclic amines) is 1. The Bertz CT molecular complexity index is 1230. The van der Waals surface area contributed by atoms with Gasteiger partial charge in [-0.1, -0.05) is 17.3 Å². The SMILES string of the molecule is C[C@]1(c2ccc(C(=O)N3CCC(c4noc5cc(F)ccc45)CC3)cc2)NC(=O)NC1=O. The van der Waals surface area contributed by atoms with E-state index in [2.05, 4.69) is 15.8 Å². The molecule has 0 unspecified atom stereocenters. The minimum atomic E-state index is -1.15. The molecule has 32 heavy (non-hydrogen) atoms. The number of aromatic nitrogens is 1. The van der Waals surface area contributed by atoms with Crippen LogP contribution in [0.5, 0.6) is 0 Å². The van der Waals surface area contributed by atoms with Gasteiger partial charge in [0.1, 0.15) is 11.4 Å². The second-order valence-corrected chi connectivity index (χ2v) is 8.39. The van der Waals surface area contributed by atoms with E-state index < -0.39 is 17.5 Å². The van der Waals surface area contributed by atoms with Gasteiger partial charge >= 0.3 is 6.03 Å². The van der Waals surface area contributed by atoms with Crippen molar-refractivity contribution in [1.29, 1.82) is 0 Å². The quantitative estimate of drug-likeness (QED) is 0.614. The summed E-state index contributed by atoms with van der Waals surface area (Å²) in [7, 11) is 0. The van der Waals surface area contributed by atoms with Crippen LogP contribution in [0.1, 0.15) is 47.3 Å². The van der Waals surface area contributed by atoms with Gasteiger partial charge in [0.15, 0.2) is 5.58 Å². The normalized spacial score (nSPS) is 21.6. The highest BCUT2D eigenvalue weighted by atomic mass is 19.1. The Morgan fingerprint density at radius 3 is 2.53 bits per heavy atom. The molecule has 0 bridgehead atoms. The lowest BCUT2D eigenvalue weighted by Crippen LogP contribution is -2.40. The number of rotatable bonds is 3. The molecule has 8 nitrogen and oxygen atoms in total. The first-order valence-corrected chi connectivity index (χ1v) is 10.4. The average molecular weight is 436 g/mol. The molecule has 0 spiro atoms.